The summed E-state index contributed by atoms with van der Waals surface area (Å²) in [5.41, 5.74) is 1.82. The molecule has 1 fully saturated rings. The van der Waals surface area contributed by atoms with Gasteiger partial charge in [0.1, 0.15) is 22.8 Å². The van der Waals surface area contributed by atoms with Crippen molar-refractivity contribution >= 4 is 16.7 Å². The van der Waals surface area contributed by atoms with E-state index in [1.165, 1.54) is 0 Å². The molecule has 1 aliphatic heterocycles. The van der Waals surface area contributed by atoms with Crippen molar-refractivity contribution in [2.24, 2.45) is 5.92 Å². The third-order valence-corrected chi connectivity index (χ3v) is 4.76. The average Bonchev–Trinajstić information content (AvgIpc) is 2.61. The molecule has 1 saturated heterocycles. The maximum atomic E-state index is 9.97. The lowest BCUT2D eigenvalue weighted by Gasteiger charge is -2.36. The molecule has 1 aliphatic rings. The summed E-state index contributed by atoms with van der Waals surface area (Å²) in [6, 6.07) is 5.76. The summed E-state index contributed by atoms with van der Waals surface area (Å²) in [6.07, 6.45) is 0.168. The SMILES string of the molecule is COc1ccc(OC)c2c(C)cc(N3CC[C@@H](O)[C@@H](CO)C3)nc12. The van der Waals surface area contributed by atoms with Crippen LogP contribution in [0.5, 0.6) is 11.5 Å². The maximum absolute atomic E-state index is 9.97. The molecule has 3 rings (SSSR count). The van der Waals surface area contributed by atoms with Crippen LogP contribution in [0.15, 0.2) is 18.2 Å². The molecule has 6 nitrogen and oxygen atoms in total. The molecule has 2 aromatic rings. The van der Waals surface area contributed by atoms with Crippen LogP contribution in [0.1, 0.15) is 12.0 Å². The Labute approximate surface area is 141 Å². The molecule has 2 heterocycles. The number of anilines is 1. The fraction of sp³-hybridized carbons (Fsp3) is 0.500. The summed E-state index contributed by atoms with van der Waals surface area (Å²) in [5.74, 6) is 2.15. The van der Waals surface area contributed by atoms with Crippen LogP contribution in [0.2, 0.25) is 0 Å². The predicted molar refractivity (Wildman–Crippen MR) is 93.0 cm³/mol. The summed E-state index contributed by atoms with van der Waals surface area (Å²) in [7, 11) is 3.27. The number of methoxy groups -OCH3 is 2. The minimum atomic E-state index is -0.456. The lowest BCUT2D eigenvalue weighted by molar-refractivity contribution is 0.0524. The number of hydrogen-bond donors (Lipinski definition) is 2. The van der Waals surface area contributed by atoms with Crippen LogP contribution < -0.4 is 14.4 Å². The molecule has 0 spiro atoms. The van der Waals surface area contributed by atoms with Gasteiger partial charge in [-0.25, -0.2) is 4.98 Å². The summed E-state index contributed by atoms with van der Waals surface area (Å²) in [4.78, 5) is 6.90. The highest BCUT2D eigenvalue weighted by Crippen LogP contribution is 2.36. The molecular weight excluding hydrogens is 308 g/mol. The first-order valence-corrected chi connectivity index (χ1v) is 8.15. The molecule has 2 N–H and O–H groups in total. The number of hydrogen-bond acceptors (Lipinski definition) is 6. The van der Waals surface area contributed by atoms with Crippen molar-refractivity contribution in [2.75, 3.05) is 38.8 Å². The van der Waals surface area contributed by atoms with Gasteiger partial charge in [0.15, 0.2) is 0 Å². The zero-order valence-corrected chi connectivity index (χ0v) is 14.3. The van der Waals surface area contributed by atoms with Crippen LogP contribution in [0.3, 0.4) is 0 Å². The number of aryl methyl sites for hydroxylation is 1. The van der Waals surface area contributed by atoms with Gasteiger partial charge < -0.3 is 24.6 Å². The second-order valence-electron chi connectivity index (χ2n) is 6.24. The van der Waals surface area contributed by atoms with Crippen molar-refractivity contribution in [2.45, 2.75) is 19.4 Å². The van der Waals surface area contributed by atoms with E-state index in [0.717, 1.165) is 28.0 Å². The van der Waals surface area contributed by atoms with Crippen molar-refractivity contribution in [3.63, 3.8) is 0 Å². The Morgan fingerprint density at radius 2 is 1.96 bits per heavy atom. The Bertz CT molecular complexity index is 735. The standard InChI is InChI=1S/C18H24N2O4/c1-11-8-16(20-7-6-13(22)12(9-20)10-21)19-18-15(24-3)5-4-14(23-2)17(11)18/h4-5,8,12-13,21-22H,6-7,9-10H2,1-3H3/t12-,13-/m1/s1. The largest absolute Gasteiger partial charge is 0.496 e. The van der Waals surface area contributed by atoms with Gasteiger partial charge in [-0.15, -0.1) is 0 Å². The van der Waals surface area contributed by atoms with Crippen LogP contribution >= 0.6 is 0 Å². The van der Waals surface area contributed by atoms with Crippen molar-refractivity contribution in [1.29, 1.82) is 0 Å². The van der Waals surface area contributed by atoms with Crippen LogP contribution in [0.4, 0.5) is 5.82 Å². The maximum Gasteiger partial charge on any atom is 0.145 e. The van der Waals surface area contributed by atoms with E-state index >= 15 is 0 Å². The molecule has 0 saturated carbocycles. The molecule has 0 amide bonds. The predicted octanol–water partition coefficient (Wildman–Crippen LogP) is 1.74. The normalized spacial score (nSPS) is 21.1. The van der Waals surface area contributed by atoms with Gasteiger partial charge in [0.05, 0.1) is 26.9 Å². The highest BCUT2D eigenvalue weighted by Gasteiger charge is 2.28. The Morgan fingerprint density at radius 1 is 1.25 bits per heavy atom. The minimum Gasteiger partial charge on any atom is -0.496 e. The molecule has 2 atom stereocenters. The molecule has 0 bridgehead atoms. The van der Waals surface area contributed by atoms with Crippen LogP contribution in [0.25, 0.3) is 10.9 Å². The number of aliphatic hydroxyl groups excluding tert-OH is 2. The van der Waals surface area contributed by atoms with Gasteiger partial charge in [0.2, 0.25) is 0 Å². The molecule has 0 radical (unpaired) electrons. The Morgan fingerprint density at radius 3 is 2.62 bits per heavy atom. The molecule has 1 aromatic heterocycles. The van der Waals surface area contributed by atoms with E-state index in [2.05, 4.69) is 4.90 Å². The number of ether oxygens (including phenoxy) is 2. The van der Waals surface area contributed by atoms with Gasteiger partial charge >= 0.3 is 0 Å². The number of aliphatic hydroxyl groups is 2. The van der Waals surface area contributed by atoms with Crippen molar-refractivity contribution in [3.8, 4) is 11.5 Å². The lowest BCUT2D eigenvalue weighted by atomic mass is 9.95. The molecular formula is C18H24N2O4. The fourth-order valence-electron chi connectivity index (χ4n) is 3.36. The third-order valence-electron chi connectivity index (χ3n) is 4.76. The van der Waals surface area contributed by atoms with Gasteiger partial charge in [-0.2, -0.15) is 0 Å². The molecule has 1 aromatic carbocycles. The van der Waals surface area contributed by atoms with E-state index < -0.39 is 6.10 Å². The van der Waals surface area contributed by atoms with Gasteiger partial charge in [-0.3, -0.25) is 0 Å². The number of nitrogens with zero attached hydrogens (tertiary/aromatic N) is 2. The lowest BCUT2D eigenvalue weighted by Crippen LogP contribution is -2.45. The topological polar surface area (TPSA) is 75.1 Å². The van der Waals surface area contributed by atoms with Crippen LogP contribution in [0, 0.1) is 12.8 Å². The van der Waals surface area contributed by atoms with Crippen molar-refractivity contribution in [1.82, 2.24) is 4.98 Å². The van der Waals surface area contributed by atoms with Gasteiger partial charge in [0.25, 0.3) is 0 Å². The summed E-state index contributed by atoms with van der Waals surface area (Å²) in [6.45, 7) is 3.29. The monoisotopic (exact) mass is 332 g/mol. The number of fused-ring (bicyclic) bond motifs is 1. The quantitative estimate of drug-likeness (QED) is 0.888. The van der Waals surface area contributed by atoms with E-state index in [9.17, 15) is 10.2 Å². The Hall–Kier alpha value is -2.05. The van der Waals surface area contributed by atoms with Crippen LogP contribution in [-0.4, -0.2) is 55.2 Å². The second kappa shape index (κ2) is 6.83. The van der Waals surface area contributed by atoms with Gasteiger partial charge in [-0.05, 0) is 37.1 Å². The fourth-order valence-corrected chi connectivity index (χ4v) is 3.36. The molecule has 130 valence electrons. The number of benzene rings is 1. The highest BCUT2D eigenvalue weighted by molar-refractivity contribution is 5.94. The summed E-state index contributed by atoms with van der Waals surface area (Å²) < 4.78 is 10.9. The minimum absolute atomic E-state index is 0.0264. The van der Waals surface area contributed by atoms with Crippen molar-refractivity contribution < 1.29 is 19.7 Å². The first-order valence-electron chi connectivity index (χ1n) is 8.15. The number of piperidine rings is 1. The first kappa shape index (κ1) is 16.8. The van der Waals surface area contributed by atoms with E-state index in [1.54, 1.807) is 14.2 Å². The molecule has 24 heavy (non-hydrogen) atoms. The number of pyridine rings is 1. The number of rotatable bonds is 4. The summed E-state index contributed by atoms with van der Waals surface area (Å²) in [5, 5.41) is 20.4. The van der Waals surface area contributed by atoms with Crippen LogP contribution in [-0.2, 0) is 0 Å². The number of aromatic nitrogens is 1. The zero-order chi connectivity index (χ0) is 17.3. The smallest absolute Gasteiger partial charge is 0.145 e. The average molecular weight is 332 g/mol. The molecule has 6 heteroatoms. The second-order valence-corrected chi connectivity index (χ2v) is 6.24. The van der Waals surface area contributed by atoms with E-state index in [-0.39, 0.29) is 12.5 Å². The van der Waals surface area contributed by atoms with Crippen molar-refractivity contribution in [3.05, 3.63) is 23.8 Å². The summed E-state index contributed by atoms with van der Waals surface area (Å²) >= 11 is 0. The Kier molecular flexibility index (Phi) is 4.78. The van der Waals surface area contributed by atoms with E-state index in [1.807, 2.05) is 25.1 Å². The highest BCUT2D eigenvalue weighted by atomic mass is 16.5. The Balaban J connectivity index is 2.07. The van der Waals surface area contributed by atoms with E-state index in [4.69, 9.17) is 14.5 Å². The third kappa shape index (κ3) is 2.87. The van der Waals surface area contributed by atoms with Gasteiger partial charge in [-0.1, -0.05) is 0 Å². The van der Waals surface area contributed by atoms with Gasteiger partial charge in [0, 0.05) is 24.4 Å². The first-order chi connectivity index (χ1) is 11.6. The molecule has 0 unspecified atom stereocenters. The zero-order valence-electron chi connectivity index (χ0n) is 14.3. The van der Waals surface area contributed by atoms with E-state index in [0.29, 0.717) is 25.3 Å². The molecule has 0 aliphatic carbocycles.